The number of aromatic nitrogens is 1. The van der Waals surface area contributed by atoms with Gasteiger partial charge in [-0.15, -0.1) is 0 Å². The second-order valence-electron chi connectivity index (χ2n) is 7.15. The Morgan fingerprint density at radius 3 is 2.45 bits per heavy atom. The fourth-order valence-corrected chi connectivity index (χ4v) is 3.62. The molecule has 0 saturated carbocycles. The third kappa shape index (κ3) is 4.25. The van der Waals surface area contributed by atoms with Gasteiger partial charge in [-0.2, -0.15) is 5.26 Å². The largest absolute Gasteiger partial charge is 0.496 e. The lowest BCUT2D eigenvalue weighted by Crippen LogP contribution is -2.31. The zero-order valence-corrected chi connectivity index (χ0v) is 18.2. The Morgan fingerprint density at radius 2 is 1.85 bits per heavy atom. The lowest BCUT2D eigenvalue weighted by molar-refractivity contribution is 0.0921. The number of aliphatic imine (C=N–C) groups is 1. The standard InChI is InChI=1S/C25H17ClN4O3/c1-33-21-13-18(24(32)30-22-10-8-19(26)15-28-22)7-9-20(21)25(11-2-12-29-25)23(31)17-5-3-16(14-27)4-6-17/h2-13,15H,1H3,(H,28,30,32). The number of anilines is 1. The van der Waals surface area contributed by atoms with Gasteiger partial charge in [-0.1, -0.05) is 17.7 Å². The van der Waals surface area contributed by atoms with E-state index < -0.39 is 11.4 Å². The van der Waals surface area contributed by atoms with E-state index in [4.69, 9.17) is 21.6 Å². The molecule has 0 fully saturated rings. The maximum Gasteiger partial charge on any atom is 0.256 e. The summed E-state index contributed by atoms with van der Waals surface area (Å²) in [6.45, 7) is 0. The van der Waals surface area contributed by atoms with Crippen molar-refractivity contribution in [3.63, 3.8) is 0 Å². The first kappa shape index (κ1) is 21.9. The van der Waals surface area contributed by atoms with E-state index in [0.717, 1.165) is 0 Å². The van der Waals surface area contributed by atoms with Gasteiger partial charge in [0.1, 0.15) is 11.6 Å². The molecule has 33 heavy (non-hydrogen) atoms. The van der Waals surface area contributed by atoms with Crippen molar-refractivity contribution in [3.8, 4) is 11.8 Å². The highest BCUT2D eigenvalue weighted by Gasteiger charge is 2.41. The number of methoxy groups -OCH3 is 1. The number of nitriles is 1. The predicted molar refractivity (Wildman–Crippen MR) is 125 cm³/mol. The first-order chi connectivity index (χ1) is 16.0. The number of halogens is 1. The van der Waals surface area contributed by atoms with Crippen LogP contribution in [0.15, 0.2) is 77.9 Å². The van der Waals surface area contributed by atoms with Crippen LogP contribution in [0.2, 0.25) is 5.02 Å². The molecule has 0 saturated heterocycles. The van der Waals surface area contributed by atoms with E-state index in [0.29, 0.717) is 38.8 Å². The van der Waals surface area contributed by atoms with Crippen molar-refractivity contribution in [2.45, 2.75) is 5.54 Å². The van der Waals surface area contributed by atoms with Crippen molar-refractivity contribution in [2.75, 3.05) is 12.4 Å². The molecule has 0 bridgehead atoms. The Balaban J connectivity index is 1.69. The van der Waals surface area contributed by atoms with Crippen molar-refractivity contribution in [1.29, 1.82) is 5.26 Å². The van der Waals surface area contributed by atoms with Crippen LogP contribution in [0.4, 0.5) is 5.82 Å². The van der Waals surface area contributed by atoms with Crippen molar-refractivity contribution in [2.24, 2.45) is 4.99 Å². The lowest BCUT2D eigenvalue weighted by Gasteiger charge is -2.26. The van der Waals surface area contributed by atoms with Crippen LogP contribution in [0.1, 0.15) is 31.8 Å². The van der Waals surface area contributed by atoms with Crippen LogP contribution in [0.3, 0.4) is 0 Å². The van der Waals surface area contributed by atoms with E-state index in [1.807, 2.05) is 6.07 Å². The van der Waals surface area contributed by atoms with Crippen LogP contribution >= 0.6 is 11.6 Å². The van der Waals surface area contributed by atoms with E-state index in [1.54, 1.807) is 73.0 Å². The molecule has 0 radical (unpaired) electrons. The number of pyridine rings is 1. The number of benzene rings is 2. The van der Waals surface area contributed by atoms with Gasteiger partial charge in [-0.05, 0) is 60.7 Å². The summed E-state index contributed by atoms with van der Waals surface area (Å²) in [4.78, 5) is 34.8. The van der Waals surface area contributed by atoms with Crippen LogP contribution in [0.5, 0.6) is 5.75 Å². The van der Waals surface area contributed by atoms with Gasteiger partial charge in [-0.25, -0.2) is 4.98 Å². The van der Waals surface area contributed by atoms with Crippen LogP contribution in [-0.2, 0) is 5.54 Å². The number of ketones is 1. The first-order valence-electron chi connectivity index (χ1n) is 9.86. The van der Waals surface area contributed by atoms with E-state index in [9.17, 15) is 9.59 Å². The number of amides is 1. The maximum absolute atomic E-state index is 13.5. The van der Waals surface area contributed by atoms with Crippen LogP contribution in [0.25, 0.3) is 0 Å². The van der Waals surface area contributed by atoms with Crippen molar-refractivity contribution in [3.05, 3.63) is 100 Å². The minimum absolute atomic E-state index is 0.280. The van der Waals surface area contributed by atoms with Crippen LogP contribution in [-0.4, -0.2) is 30.0 Å². The van der Waals surface area contributed by atoms with E-state index in [-0.39, 0.29) is 5.78 Å². The number of nitrogens with zero attached hydrogens (tertiary/aromatic N) is 3. The molecule has 3 aromatic rings. The Morgan fingerprint density at radius 1 is 1.09 bits per heavy atom. The summed E-state index contributed by atoms with van der Waals surface area (Å²) in [6.07, 6.45) is 6.36. The van der Waals surface area contributed by atoms with Crippen molar-refractivity contribution in [1.82, 2.24) is 4.98 Å². The Labute approximate surface area is 195 Å². The zero-order chi connectivity index (χ0) is 23.4. The molecule has 0 aliphatic carbocycles. The van der Waals surface area contributed by atoms with E-state index in [2.05, 4.69) is 15.3 Å². The number of hydrogen-bond donors (Lipinski definition) is 1. The highest BCUT2D eigenvalue weighted by atomic mass is 35.5. The number of carbonyl (C=O) groups excluding carboxylic acids is 2. The number of allylic oxidation sites excluding steroid dienone is 1. The van der Waals surface area contributed by atoms with Crippen LogP contribution in [0, 0.1) is 11.3 Å². The average molecular weight is 457 g/mol. The van der Waals surface area contributed by atoms with Crippen molar-refractivity contribution >= 4 is 35.3 Å². The second kappa shape index (κ2) is 9.07. The third-order valence-corrected chi connectivity index (χ3v) is 5.39. The summed E-state index contributed by atoms with van der Waals surface area (Å²) in [6, 6.07) is 16.4. The van der Waals surface area contributed by atoms with Gasteiger partial charge in [0.05, 0.1) is 23.8 Å². The molecule has 2 aromatic carbocycles. The van der Waals surface area contributed by atoms with E-state index in [1.165, 1.54) is 13.3 Å². The SMILES string of the molecule is COc1cc(C(=O)Nc2ccc(Cl)cn2)ccc1C1(C(=O)c2ccc(C#N)cc2)C=CC=N1. The van der Waals surface area contributed by atoms with Gasteiger partial charge in [0.15, 0.2) is 11.3 Å². The fourth-order valence-electron chi connectivity index (χ4n) is 3.50. The quantitative estimate of drug-likeness (QED) is 0.546. The zero-order valence-electron chi connectivity index (χ0n) is 17.4. The van der Waals surface area contributed by atoms with Crippen LogP contribution < -0.4 is 10.1 Å². The topological polar surface area (TPSA) is 104 Å². The van der Waals surface area contributed by atoms with Gasteiger partial charge >= 0.3 is 0 Å². The number of ether oxygens (including phenoxy) is 1. The molecule has 162 valence electrons. The van der Waals surface area contributed by atoms with Gasteiger partial charge < -0.3 is 10.1 Å². The molecule has 1 N–H and O–H groups in total. The van der Waals surface area contributed by atoms with E-state index >= 15 is 0 Å². The first-order valence-corrected chi connectivity index (χ1v) is 10.2. The number of nitrogens with one attached hydrogen (secondary N) is 1. The minimum Gasteiger partial charge on any atom is -0.496 e. The molecule has 8 heteroatoms. The summed E-state index contributed by atoms with van der Waals surface area (Å²) < 4.78 is 5.55. The van der Waals surface area contributed by atoms with Gasteiger partial charge in [0.2, 0.25) is 0 Å². The molecule has 0 spiro atoms. The van der Waals surface area contributed by atoms with Gasteiger partial charge in [0.25, 0.3) is 5.91 Å². The summed E-state index contributed by atoms with van der Waals surface area (Å²) in [7, 11) is 1.46. The molecule has 1 amide bonds. The highest BCUT2D eigenvalue weighted by Crippen LogP contribution is 2.40. The Hall–Kier alpha value is -4.28. The molecule has 1 aromatic heterocycles. The Bertz CT molecular complexity index is 1310. The smallest absolute Gasteiger partial charge is 0.256 e. The molecule has 7 nitrogen and oxygen atoms in total. The summed E-state index contributed by atoms with van der Waals surface area (Å²) >= 11 is 5.83. The summed E-state index contributed by atoms with van der Waals surface area (Å²) in [5.41, 5.74) is 0.320. The second-order valence-corrected chi connectivity index (χ2v) is 7.59. The third-order valence-electron chi connectivity index (χ3n) is 5.17. The fraction of sp³-hybridized carbons (Fsp3) is 0.0800. The van der Waals surface area contributed by atoms with Gasteiger partial charge in [0, 0.05) is 29.1 Å². The molecular weight excluding hydrogens is 440 g/mol. The van der Waals surface area contributed by atoms with Gasteiger partial charge in [-0.3, -0.25) is 14.6 Å². The average Bonchev–Trinajstić information content (AvgIpc) is 3.35. The monoisotopic (exact) mass is 456 g/mol. The normalized spacial score (nSPS) is 16.3. The lowest BCUT2D eigenvalue weighted by atomic mass is 9.82. The number of Topliss-reactive ketones (excluding diaryl/α,β-unsaturated/α-hetero) is 1. The highest BCUT2D eigenvalue weighted by molar-refractivity contribution is 6.30. The molecular formula is C25H17ClN4O3. The molecule has 1 aliphatic rings. The van der Waals surface area contributed by atoms with Crippen molar-refractivity contribution < 1.29 is 14.3 Å². The Kier molecular flexibility index (Phi) is 6.03. The maximum atomic E-state index is 13.5. The summed E-state index contributed by atoms with van der Waals surface area (Å²) in [5, 5.41) is 12.2. The summed E-state index contributed by atoms with van der Waals surface area (Å²) in [5.74, 6) is 0.00565. The number of carbonyl (C=O) groups is 2. The molecule has 1 aliphatic heterocycles. The number of hydrogen-bond acceptors (Lipinski definition) is 6. The predicted octanol–water partition coefficient (Wildman–Crippen LogP) is 4.59. The minimum atomic E-state index is -1.34. The molecule has 4 rings (SSSR count). The molecule has 1 atom stereocenters. The molecule has 1 unspecified atom stereocenters. The molecule has 2 heterocycles. The number of rotatable bonds is 6.